The average Bonchev–Trinajstić information content (AvgIpc) is 2.77. The predicted molar refractivity (Wildman–Crippen MR) is 57.1 cm³/mol. The van der Waals surface area contributed by atoms with Crippen molar-refractivity contribution < 1.29 is 19.2 Å². The summed E-state index contributed by atoms with van der Waals surface area (Å²) in [6.07, 6.45) is 1.19. The van der Waals surface area contributed by atoms with Crippen molar-refractivity contribution in [2.45, 2.75) is 0 Å². The van der Waals surface area contributed by atoms with Gasteiger partial charge in [0, 0.05) is 0 Å². The number of carboxylic acid groups (broad SMARTS) is 1. The lowest BCUT2D eigenvalue weighted by molar-refractivity contribution is -0.389. The lowest BCUT2D eigenvalue weighted by Crippen LogP contribution is -2.08. The molecule has 18 heavy (non-hydrogen) atoms. The van der Waals surface area contributed by atoms with Crippen LogP contribution in [0.15, 0.2) is 30.5 Å². The molecule has 0 saturated heterocycles. The number of rotatable bonds is 3. The molecule has 0 fully saturated rings. The smallest absolute Gasteiger partial charge is 0.390 e. The first-order valence-corrected chi connectivity index (χ1v) is 4.73. The SMILES string of the molecule is O=C(O)c1c(F)cccc1-n1ccc([N+](=O)[O-])n1. The first kappa shape index (κ1) is 11.7. The number of nitrogens with zero attached hydrogens (tertiary/aromatic N) is 3. The van der Waals surface area contributed by atoms with Gasteiger partial charge in [0.05, 0.1) is 17.4 Å². The van der Waals surface area contributed by atoms with Crippen LogP contribution in [0.1, 0.15) is 10.4 Å². The molecule has 7 nitrogen and oxygen atoms in total. The van der Waals surface area contributed by atoms with Crippen LogP contribution in [0, 0.1) is 15.9 Å². The predicted octanol–water partition coefficient (Wildman–Crippen LogP) is 1.62. The van der Waals surface area contributed by atoms with Gasteiger partial charge in [-0.1, -0.05) is 6.07 Å². The highest BCUT2D eigenvalue weighted by atomic mass is 19.1. The van der Waals surface area contributed by atoms with Gasteiger partial charge in [0.1, 0.15) is 17.1 Å². The third-order valence-electron chi connectivity index (χ3n) is 2.21. The molecule has 92 valence electrons. The van der Waals surface area contributed by atoms with Crippen molar-refractivity contribution in [3.05, 3.63) is 52.0 Å². The van der Waals surface area contributed by atoms with Crippen molar-refractivity contribution in [3.63, 3.8) is 0 Å². The van der Waals surface area contributed by atoms with Crippen LogP contribution in [-0.4, -0.2) is 25.8 Å². The van der Waals surface area contributed by atoms with Crippen LogP contribution in [0.3, 0.4) is 0 Å². The normalized spacial score (nSPS) is 10.3. The van der Waals surface area contributed by atoms with E-state index in [1.54, 1.807) is 0 Å². The molecule has 0 aliphatic rings. The van der Waals surface area contributed by atoms with Gasteiger partial charge in [-0.25, -0.2) is 9.18 Å². The molecule has 0 aliphatic carbocycles. The third-order valence-corrected chi connectivity index (χ3v) is 2.21. The second-order valence-corrected chi connectivity index (χ2v) is 3.31. The molecule has 2 aromatic rings. The molecule has 1 N–H and O–H groups in total. The maximum absolute atomic E-state index is 13.4. The number of carbonyl (C=O) groups is 1. The topological polar surface area (TPSA) is 98.3 Å². The Bertz CT molecular complexity index is 638. The zero-order chi connectivity index (χ0) is 13.3. The first-order chi connectivity index (χ1) is 8.50. The van der Waals surface area contributed by atoms with Gasteiger partial charge >= 0.3 is 11.8 Å². The van der Waals surface area contributed by atoms with E-state index in [1.807, 2.05) is 0 Å². The van der Waals surface area contributed by atoms with Gasteiger partial charge in [-0.3, -0.25) is 0 Å². The van der Waals surface area contributed by atoms with E-state index in [4.69, 9.17) is 5.11 Å². The largest absolute Gasteiger partial charge is 0.478 e. The first-order valence-electron chi connectivity index (χ1n) is 4.73. The molecule has 0 spiro atoms. The van der Waals surface area contributed by atoms with Crippen molar-refractivity contribution in [1.82, 2.24) is 9.78 Å². The molecule has 1 heterocycles. The lowest BCUT2D eigenvalue weighted by atomic mass is 10.1. The Morgan fingerprint density at radius 1 is 1.44 bits per heavy atom. The fraction of sp³-hybridized carbons (Fsp3) is 0. The molecule has 0 saturated carbocycles. The average molecular weight is 251 g/mol. The number of aromatic nitrogens is 2. The Labute approximate surface area is 99.2 Å². The molecule has 1 aromatic carbocycles. The van der Waals surface area contributed by atoms with E-state index in [-0.39, 0.29) is 5.69 Å². The summed E-state index contributed by atoms with van der Waals surface area (Å²) in [4.78, 5) is 20.7. The van der Waals surface area contributed by atoms with E-state index in [1.165, 1.54) is 18.3 Å². The Kier molecular flexibility index (Phi) is 2.76. The molecule has 1 aromatic heterocycles. The van der Waals surface area contributed by atoms with Crippen molar-refractivity contribution in [1.29, 1.82) is 0 Å². The van der Waals surface area contributed by atoms with Crippen LogP contribution < -0.4 is 0 Å². The molecule has 8 heteroatoms. The fourth-order valence-electron chi connectivity index (χ4n) is 1.46. The van der Waals surface area contributed by atoms with Crippen LogP contribution >= 0.6 is 0 Å². The number of nitro groups is 1. The molecular formula is C10H6FN3O4. The molecule has 0 amide bonds. The number of hydrogen-bond acceptors (Lipinski definition) is 4. The number of aromatic carboxylic acids is 1. The minimum Gasteiger partial charge on any atom is -0.478 e. The summed E-state index contributed by atoms with van der Waals surface area (Å²) in [6, 6.07) is 4.69. The highest BCUT2D eigenvalue weighted by Crippen LogP contribution is 2.19. The molecule has 0 atom stereocenters. The van der Waals surface area contributed by atoms with E-state index in [0.717, 1.165) is 16.8 Å². The van der Waals surface area contributed by atoms with Crippen LogP contribution in [0.5, 0.6) is 0 Å². The maximum atomic E-state index is 13.4. The van der Waals surface area contributed by atoms with E-state index < -0.39 is 28.1 Å². The highest BCUT2D eigenvalue weighted by Gasteiger charge is 2.21. The number of carboxylic acids is 1. The minimum absolute atomic E-state index is 0.0735. The highest BCUT2D eigenvalue weighted by molar-refractivity contribution is 5.92. The Balaban J connectivity index is 2.59. The third kappa shape index (κ3) is 1.90. The van der Waals surface area contributed by atoms with Crippen molar-refractivity contribution in [2.24, 2.45) is 0 Å². The second-order valence-electron chi connectivity index (χ2n) is 3.31. The lowest BCUT2D eigenvalue weighted by Gasteiger charge is -2.03. The summed E-state index contributed by atoms with van der Waals surface area (Å²) in [5, 5.41) is 22.9. The van der Waals surface area contributed by atoms with Gasteiger partial charge in [-0.05, 0) is 17.1 Å². The van der Waals surface area contributed by atoms with E-state index in [9.17, 15) is 19.3 Å². The van der Waals surface area contributed by atoms with Crippen molar-refractivity contribution in [3.8, 4) is 5.69 Å². The van der Waals surface area contributed by atoms with Gasteiger partial charge in [-0.2, -0.15) is 0 Å². The van der Waals surface area contributed by atoms with Crippen LogP contribution in [0.25, 0.3) is 5.69 Å². The summed E-state index contributed by atoms with van der Waals surface area (Å²) in [5.74, 6) is -2.85. The molecule has 0 bridgehead atoms. The second kappa shape index (κ2) is 4.24. The van der Waals surface area contributed by atoms with Crippen LogP contribution in [-0.2, 0) is 0 Å². The quantitative estimate of drug-likeness (QED) is 0.660. The van der Waals surface area contributed by atoms with Crippen LogP contribution in [0.4, 0.5) is 10.2 Å². The minimum atomic E-state index is -1.47. The van der Waals surface area contributed by atoms with Gasteiger partial charge in [0.25, 0.3) is 0 Å². The van der Waals surface area contributed by atoms with Gasteiger partial charge in [0.15, 0.2) is 0 Å². The number of benzene rings is 1. The zero-order valence-corrected chi connectivity index (χ0v) is 8.78. The standard InChI is InChI=1S/C10H6FN3O4/c11-6-2-1-3-7(9(6)10(15)16)13-5-4-8(12-13)14(17)18/h1-5H,(H,15,16). The monoisotopic (exact) mass is 251 g/mol. The van der Waals surface area contributed by atoms with Gasteiger partial charge < -0.3 is 15.2 Å². The maximum Gasteiger partial charge on any atom is 0.390 e. The summed E-state index contributed by atoms with van der Waals surface area (Å²) < 4.78 is 14.3. The van der Waals surface area contributed by atoms with Crippen molar-refractivity contribution >= 4 is 11.8 Å². The number of halogens is 1. The van der Waals surface area contributed by atoms with E-state index in [0.29, 0.717) is 0 Å². The van der Waals surface area contributed by atoms with E-state index in [2.05, 4.69) is 5.10 Å². The van der Waals surface area contributed by atoms with Gasteiger partial charge in [-0.15, -0.1) is 4.68 Å². The molecular weight excluding hydrogens is 245 g/mol. The van der Waals surface area contributed by atoms with Crippen LogP contribution in [0.2, 0.25) is 0 Å². The zero-order valence-electron chi connectivity index (χ0n) is 8.78. The summed E-state index contributed by atoms with van der Waals surface area (Å²) in [5.41, 5.74) is -0.661. The molecule has 0 radical (unpaired) electrons. The Morgan fingerprint density at radius 3 is 2.72 bits per heavy atom. The molecule has 0 aliphatic heterocycles. The van der Waals surface area contributed by atoms with E-state index >= 15 is 0 Å². The van der Waals surface area contributed by atoms with Crippen molar-refractivity contribution in [2.75, 3.05) is 0 Å². The van der Waals surface area contributed by atoms with Gasteiger partial charge in [0.2, 0.25) is 0 Å². The fourth-order valence-corrected chi connectivity index (χ4v) is 1.46. The Hall–Kier alpha value is -2.77. The number of hydrogen-bond donors (Lipinski definition) is 1. The summed E-state index contributed by atoms with van der Waals surface area (Å²) in [7, 11) is 0. The summed E-state index contributed by atoms with van der Waals surface area (Å²) in [6.45, 7) is 0. The summed E-state index contributed by atoms with van der Waals surface area (Å²) >= 11 is 0. The molecule has 0 unspecified atom stereocenters. The molecule has 2 rings (SSSR count). The Morgan fingerprint density at radius 2 is 2.17 bits per heavy atom.